The molecule has 13 nitrogen and oxygen atoms in total. The molecule has 4 aromatic carbocycles. The molecule has 0 fully saturated rings. The van der Waals surface area contributed by atoms with Crippen molar-refractivity contribution in [3.63, 3.8) is 0 Å². The Bertz CT molecular complexity index is 2350. The SMILES string of the molecule is C[C@H](CC(=O)[C@@H]1Cc2ccc(O)c(c2)-c2cc(ccc2O)[C@H](N(C)C(=O)[C@H](CCCCN)CC(=O)c2ccc(-c3ccc(Cl)cc3)cc2)C(=O)C[C@@H](C)C(=O)N1)C(=O)CCC(N)=O. The summed E-state index contributed by atoms with van der Waals surface area (Å²) in [5, 5.41) is 25.6. The lowest BCUT2D eigenvalue weighted by Crippen LogP contribution is -2.46. The highest BCUT2D eigenvalue weighted by atomic mass is 35.5. The lowest BCUT2D eigenvalue weighted by molar-refractivity contribution is -0.142. The van der Waals surface area contributed by atoms with Gasteiger partial charge < -0.3 is 31.9 Å². The Hall–Kier alpha value is -6.18. The lowest BCUT2D eigenvalue weighted by atomic mass is 9.87. The molecule has 5 rings (SSSR count). The van der Waals surface area contributed by atoms with Crippen LogP contribution in [0.5, 0.6) is 11.5 Å². The number of aromatic hydroxyl groups is 2. The van der Waals surface area contributed by atoms with E-state index in [9.17, 15) is 43.8 Å². The van der Waals surface area contributed by atoms with E-state index < -0.39 is 59.1 Å². The second kappa shape index (κ2) is 21.8. The smallest absolute Gasteiger partial charge is 0.226 e. The highest BCUT2D eigenvalue weighted by Gasteiger charge is 2.36. The van der Waals surface area contributed by atoms with Crippen LogP contribution >= 0.6 is 11.6 Å². The third kappa shape index (κ3) is 12.5. The van der Waals surface area contributed by atoms with Gasteiger partial charge in [0.05, 0.1) is 6.04 Å². The molecule has 7 N–H and O–H groups in total. The number of phenols is 2. The van der Waals surface area contributed by atoms with Crippen molar-refractivity contribution in [1.82, 2.24) is 10.2 Å². The summed E-state index contributed by atoms with van der Waals surface area (Å²) >= 11 is 6.05. The number of likely N-dealkylation sites (N-methyl/N-ethyl adjacent to an activating group) is 1. The van der Waals surface area contributed by atoms with E-state index >= 15 is 0 Å². The number of nitrogens with one attached hydrogen (secondary N) is 1. The van der Waals surface area contributed by atoms with Crippen molar-refractivity contribution >= 4 is 52.5 Å². The van der Waals surface area contributed by atoms with Gasteiger partial charge in [-0.15, -0.1) is 0 Å². The Balaban J connectivity index is 1.47. The van der Waals surface area contributed by atoms with Crippen molar-refractivity contribution in [2.45, 2.75) is 83.7 Å². The maximum Gasteiger partial charge on any atom is 0.226 e. The van der Waals surface area contributed by atoms with Crippen LogP contribution < -0.4 is 16.8 Å². The molecule has 1 aliphatic heterocycles. The van der Waals surface area contributed by atoms with Gasteiger partial charge in [0.1, 0.15) is 23.3 Å². The number of hydrogen-bond acceptors (Lipinski definition) is 10. The summed E-state index contributed by atoms with van der Waals surface area (Å²) in [7, 11) is 1.46. The molecule has 3 amide bonds. The van der Waals surface area contributed by atoms with E-state index in [-0.39, 0.29) is 72.7 Å². The molecule has 1 aliphatic rings. The number of ketones is 4. The van der Waals surface area contributed by atoms with Crippen molar-refractivity contribution in [3.8, 4) is 33.8 Å². The molecule has 0 spiro atoms. The number of nitrogens with two attached hydrogens (primary N) is 2. The van der Waals surface area contributed by atoms with E-state index in [2.05, 4.69) is 5.32 Å². The first-order valence-electron chi connectivity index (χ1n) is 21.1. The van der Waals surface area contributed by atoms with Crippen LogP contribution in [-0.4, -0.2) is 75.6 Å². The number of amides is 3. The Labute approximate surface area is 372 Å². The molecular formula is C49H55ClN4O9. The molecule has 0 aliphatic carbocycles. The fraction of sp³-hybridized carbons (Fsp3) is 0.367. The van der Waals surface area contributed by atoms with Crippen LogP contribution in [0.3, 0.4) is 0 Å². The molecule has 5 atom stereocenters. The monoisotopic (exact) mass is 878 g/mol. The quantitative estimate of drug-likeness (QED) is 0.0559. The van der Waals surface area contributed by atoms with E-state index in [1.54, 1.807) is 43.3 Å². The number of hydrogen-bond donors (Lipinski definition) is 5. The van der Waals surface area contributed by atoms with E-state index in [0.29, 0.717) is 47.5 Å². The first-order valence-corrected chi connectivity index (χ1v) is 21.5. The number of carbonyl (C=O) groups is 7. The fourth-order valence-corrected chi connectivity index (χ4v) is 8.06. The molecule has 0 unspecified atom stereocenters. The Morgan fingerprint density at radius 2 is 1.44 bits per heavy atom. The van der Waals surface area contributed by atoms with Gasteiger partial charge in [0.2, 0.25) is 17.7 Å². The van der Waals surface area contributed by atoms with Gasteiger partial charge in [-0.25, -0.2) is 0 Å². The second-order valence-electron chi connectivity index (χ2n) is 16.5. The van der Waals surface area contributed by atoms with Gasteiger partial charge in [0.15, 0.2) is 17.3 Å². The number of fused-ring (bicyclic) bond motifs is 5. The number of benzene rings is 4. The molecule has 0 radical (unpaired) electrons. The zero-order valence-electron chi connectivity index (χ0n) is 35.8. The topological polar surface area (TPSA) is 227 Å². The number of Topliss-reactive ketones (excluding diaryl/α,β-unsaturated/α-hetero) is 4. The molecule has 4 bridgehead atoms. The maximum atomic E-state index is 14.7. The predicted molar refractivity (Wildman–Crippen MR) is 240 cm³/mol. The summed E-state index contributed by atoms with van der Waals surface area (Å²) in [6, 6.07) is 20.8. The summed E-state index contributed by atoms with van der Waals surface area (Å²) in [5.74, 6) is -6.41. The summed E-state index contributed by atoms with van der Waals surface area (Å²) in [6.45, 7) is 3.46. The second-order valence-corrected chi connectivity index (χ2v) is 17.0. The largest absolute Gasteiger partial charge is 0.507 e. The average Bonchev–Trinajstić information content (AvgIpc) is 3.25. The zero-order valence-corrected chi connectivity index (χ0v) is 36.5. The van der Waals surface area contributed by atoms with E-state index in [0.717, 1.165) is 11.1 Å². The first-order chi connectivity index (χ1) is 30.0. The molecule has 0 saturated carbocycles. The zero-order chi connectivity index (χ0) is 46.0. The molecule has 0 aromatic heterocycles. The number of phenolic OH excluding ortho intramolecular Hbond substituents is 2. The average molecular weight is 879 g/mol. The van der Waals surface area contributed by atoms with Crippen LogP contribution in [0.25, 0.3) is 22.3 Å². The van der Waals surface area contributed by atoms with Gasteiger partial charge in [0.25, 0.3) is 0 Å². The minimum atomic E-state index is -1.30. The van der Waals surface area contributed by atoms with Crippen LogP contribution in [0, 0.1) is 17.8 Å². The number of rotatable bonds is 17. The van der Waals surface area contributed by atoms with E-state index in [1.165, 1.54) is 43.1 Å². The Kier molecular flexibility index (Phi) is 16.5. The van der Waals surface area contributed by atoms with Gasteiger partial charge in [0, 0.05) is 78.6 Å². The molecule has 63 heavy (non-hydrogen) atoms. The van der Waals surface area contributed by atoms with Gasteiger partial charge in [-0.1, -0.05) is 80.4 Å². The highest BCUT2D eigenvalue weighted by molar-refractivity contribution is 6.30. The van der Waals surface area contributed by atoms with Gasteiger partial charge in [-0.05, 0) is 84.5 Å². The normalized spacial score (nSPS) is 17.4. The summed E-state index contributed by atoms with van der Waals surface area (Å²) in [4.78, 5) is 95.9. The van der Waals surface area contributed by atoms with E-state index in [1.807, 2.05) is 24.3 Å². The highest BCUT2D eigenvalue weighted by Crippen LogP contribution is 2.40. The molecule has 0 saturated heterocycles. The standard InChI is InChI=1S/C49H55ClN4O9/c1-28(40(55)19-20-46(52)61)22-44(59)39-25-30-7-17-41(56)37(24-30)38-26-34(14-18-42(38)57)47(45(60)23-29(2)48(62)53-39)54(3)49(63)35(6-4-5-21-51)27-43(58)33-10-8-31(9-11-33)32-12-15-36(50)16-13-32/h7-18,24,26,28-29,35,39,47,56-57H,4-6,19-23,25,27,51H2,1-3H3,(H2,52,61)(H,53,62)/t28-,29-,35-,39+,47+/m1/s1. The molecule has 1 heterocycles. The minimum Gasteiger partial charge on any atom is -0.507 e. The predicted octanol–water partition coefficient (Wildman–Crippen LogP) is 6.67. The van der Waals surface area contributed by atoms with Gasteiger partial charge in [-0.3, -0.25) is 33.6 Å². The van der Waals surface area contributed by atoms with Crippen LogP contribution in [0.15, 0.2) is 84.9 Å². The molecule has 332 valence electrons. The van der Waals surface area contributed by atoms with Crippen LogP contribution in [0.4, 0.5) is 0 Å². The Morgan fingerprint density at radius 1 is 0.825 bits per heavy atom. The van der Waals surface area contributed by atoms with E-state index in [4.69, 9.17) is 23.1 Å². The van der Waals surface area contributed by atoms with Crippen molar-refractivity contribution in [3.05, 3.63) is 107 Å². The number of unbranched alkanes of at least 4 members (excludes halogenated alkanes) is 1. The van der Waals surface area contributed by atoms with Crippen molar-refractivity contribution < 1.29 is 43.8 Å². The van der Waals surface area contributed by atoms with Crippen LogP contribution in [0.2, 0.25) is 5.02 Å². The van der Waals surface area contributed by atoms with Crippen LogP contribution in [-0.2, 0) is 35.2 Å². The summed E-state index contributed by atoms with van der Waals surface area (Å²) in [6.07, 6.45) is 0.347. The maximum absolute atomic E-state index is 14.7. The van der Waals surface area contributed by atoms with Crippen LogP contribution in [0.1, 0.15) is 92.7 Å². The third-order valence-corrected chi connectivity index (χ3v) is 11.9. The summed E-state index contributed by atoms with van der Waals surface area (Å²) < 4.78 is 0. The number of primary amides is 1. The minimum absolute atomic E-state index is 0.0439. The lowest BCUT2D eigenvalue weighted by Gasteiger charge is -2.32. The summed E-state index contributed by atoms with van der Waals surface area (Å²) in [5.41, 5.74) is 14.3. The number of carbonyl (C=O) groups excluding carboxylic acids is 7. The molecule has 14 heteroatoms. The van der Waals surface area contributed by atoms with Crippen molar-refractivity contribution in [2.75, 3.05) is 13.6 Å². The molecule has 4 aromatic rings. The van der Waals surface area contributed by atoms with Gasteiger partial charge in [-0.2, -0.15) is 0 Å². The molecular weight excluding hydrogens is 824 g/mol. The number of halogens is 1. The van der Waals surface area contributed by atoms with Gasteiger partial charge >= 0.3 is 0 Å². The first kappa shape index (κ1) is 47.9. The van der Waals surface area contributed by atoms with Crippen molar-refractivity contribution in [1.29, 1.82) is 0 Å². The Morgan fingerprint density at radius 3 is 2.08 bits per heavy atom. The number of nitrogens with zero attached hydrogens (tertiary/aromatic N) is 1. The third-order valence-electron chi connectivity index (χ3n) is 11.7. The fourth-order valence-electron chi connectivity index (χ4n) is 7.94. The van der Waals surface area contributed by atoms with Crippen molar-refractivity contribution in [2.24, 2.45) is 29.2 Å².